The highest BCUT2D eigenvalue weighted by atomic mass is 16.5. The monoisotopic (exact) mass is 284 g/mol. The minimum absolute atomic E-state index is 0.146. The topological polar surface area (TPSA) is 34.2 Å². The molecule has 1 unspecified atom stereocenters. The lowest BCUT2D eigenvalue weighted by molar-refractivity contribution is 0.410. The molecule has 0 aliphatic carbocycles. The van der Waals surface area contributed by atoms with Crippen molar-refractivity contribution in [3.05, 3.63) is 58.9 Å². The molecule has 3 heteroatoms. The molecule has 2 rings (SSSR count). The minimum Gasteiger partial charge on any atom is -0.496 e. The van der Waals surface area contributed by atoms with Crippen molar-refractivity contribution in [1.82, 2.24) is 10.3 Å². The molecule has 0 aliphatic heterocycles. The molecule has 2 aromatic rings. The third-order valence-electron chi connectivity index (χ3n) is 3.63. The number of aryl methyl sites for hydroxylation is 2. The van der Waals surface area contributed by atoms with Gasteiger partial charge in [0.2, 0.25) is 0 Å². The summed E-state index contributed by atoms with van der Waals surface area (Å²) in [7, 11) is 1.72. The van der Waals surface area contributed by atoms with E-state index in [9.17, 15) is 0 Å². The Labute approximate surface area is 127 Å². The minimum atomic E-state index is 0.146. The molecule has 0 radical (unpaired) electrons. The van der Waals surface area contributed by atoms with Gasteiger partial charge in [-0.2, -0.15) is 0 Å². The van der Waals surface area contributed by atoms with Crippen LogP contribution in [0.4, 0.5) is 0 Å². The van der Waals surface area contributed by atoms with Crippen LogP contribution in [0, 0.1) is 13.8 Å². The van der Waals surface area contributed by atoms with E-state index < -0.39 is 0 Å². The molecule has 0 fully saturated rings. The van der Waals surface area contributed by atoms with Gasteiger partial charge in [0.25, 0.3) is 0 Å². The first-order valence-corrected chi connectivity index (χ1v) is 7.46. The molecule has 1 atom stereocenters. The van der Waals surface area contributed by atoms with Gasteiger partial charge in [0.15, 0.2) is 0 Å². The van der Waals surface area contributed by atoms with E-state index in [-0.39, 0.29) is 6.04 Å². The summed E-state index contributed by atoms with van der Waals surface area (Å²) in [4.78, 5) is 4.42. The van der Waals surface area contributed by atoms with Crippen molar-refractivity contribution in [2.24, 2.45) is 0 Å². The van der Waals surface area contributed by atoms with Gasteiger partial charge in [0.05, 0.1) is 13.2 Å². The van der Waals surface area contributed by atoms with E-state index in [1.807, 2.05) is 13.1 Å². The maximum atomic E-state index is 5.45. The Morgan fingerprint density at radius 3 is 2.52 bits per heavy atom. The fourth-order valence-corrected chi connectivity index (χ4v) is 2.38. The van der Waals surface area contributed by atoms with Crippen molar-refractivity contribution < 1.29 is 4.74 Å². The Bertz CT molecular complexity index is 578. The van der Waals surface area contributed by atoms with Crippen LogP contribution in [0.1, 0.15) is 41.8 Å². The number of benzene rings is 1. The van der Waals surface area contributed by atoms with Crippen LogP contribution in [0.25, 0.3) is 0 Å². The molecule has 3 nitrogen and oxygen atoms in total. The molecule has 0 spiro atoms. The number of ether oxygens (including phenoxy) is 1. The summed E-state index contributed by atoms with van der Waals surface area (Å²) in [5, 5.41) is 3.60. The highest BCUT2D eigenvalue weighted by Gasteiger charge is 2.15. The molecule has 0 saturated heterocycles. The first kappa shape index (κ1) is 15.5. The van der Waals surface area contributed by atoms with Gasteiger partial charge in [-0.15, -0.1) is 0 Å². The number of nitrogens with zero attached hydrogens (tertiary/aromatic N) is 1. The lowest BCUT2D eigenvalue weighted by Crippen LogP contribution is -2.23. The van der Waals surface area contributed by atoms with Crippen molar-refractivity contribution in [2.75, 3.05) is 13.7 Å². The van der Waals surface area contributed by atoms with Crippen LogP contribution in [-0.2, 0) is 0 Å². The van der Waals surface area contributed by atoms with Crippen LogP contribution >= 0.6 is 0 Å². The highest BCUT2D eigenvalue weighted by Crippen LogP contribution is 2.27. The quantitative estimate of drug-likeness (QED) is 0.876. The fourth-order valence-electron chi connectivity index (χ4n) is 2.38. The largest absolute Gasteiger partial charge is 0.496 e. The lowest BCUT2D eigenvalue weighted by atomic mass is 9.98. The average Bonchev–Trinajstić information content (AvgIpc) is 2.50. The Morgan fingerprint density at radius 1 is 1.14 bits per heavy atom. The summed E-state index contributed by atoms with van der Waals surface area (Å²) in [5.74, 6) is 0.927. The van der Waals surface area contributed by atoms with Crippen molar-refractivity contribution >= 4 is 0 Å². The molecule has 1 heterocycles. The Hall–Kier alpha value is -1.87. The zero-order valence-electron chi connectivity index (χ0n) is 13.3. The second-order valence-corrected chi connectivity index (χ2v) is 5.35. The average molecular weight is 284 g/mol. The third-order valence-corrected chi connectivity index (χ3v) is 3.63. The van der Waals surface area contributed by atoms with E-state index in [0.717, 1.165) is 30.0 Å². The van der Waals surface area contributed by atoms with Gasteiger partial charge in [0.1, 0.15) is 5.75 Å². The van der Waals surface area contributed by atoms with E-state index in [0.29, 0.717) is 0 Å². The molecule has 1 aromatic heterocycles. The molecule has 0 saturated carbocycles. The Morgan fingerprint density at radius 2 is 1.90 bits per heavy atom. The van der Waals surface area contributed by atoms with Crippen LogP contribution < -0.4 is 10.1 Å². The molecule has 1 N–H and O–H groups in total. The van der Waals surface area contributed by atoms with E-state index in [1.54, 1.807) is 7.11 Å². The summed E-state index contributed by atoms with van der Waals surface area (Å²) >= 11 is 0. The molecule has 0 bridgehead atoms. The summed E-state index contributed by atoms with van der Waals surface area (Å²) in [6, 6.07) is 10.7. The first-order chi connectivity index (χ1) is 10.2. The number of aromatic nitrogens is 1. The molecule has 0 aliphatic rings. The van der Waals surface area contributed by atoms with Gasteiger partial charge in [-0.3, -0.25) is 4.98 Å². The summed E-state index contributed by atoms with van der Waals surface area (Å²) in [5.41, 5.74) is 4.57. The number of pyridine rings is 1. The molecule has 21 heavy (non-hydrogen) atoms. The zero-order chi connectivity index (χ0) is 15.2. The number of rotatable bonds is 6. The standard InChI is InChI=1S/C18H24N2O/c1-5-10-19-18(16-9-7-14(3)20-12-16)15-8-6-13(2)17(11-15)21-4/h6-9,11-12,18-19H,5,10H2,1-4H3. The first-order valence-electron chi connectivity index (χ1n) is 7.46. The van der Waals surface area contributed by atoms with Crippen LogP contribution in [0.3, 0.4) is 0 Å². The van der Waals surface area contributed by atoms with Gasteiger partial charge in [-0.05, 0) is 55.6 Å². The van der Waals surface area contributed by atoms with E-state index in [2.05, 4.69) is 54.5 Å². The zero-order valence-corrected chi connectivity index (χ0v) is 13.3. The van der Waals surface area contributed by atoms with Crippen molar-refractivity contribution in [3.8, 4) is 5.75 Å². The second kappa shape index (κ2) is 7.23. The van der Waals surface area contributed by atoms with Gasteiger partial charge in [-0.25, -0.2) is 0 Å². The predicted octanol–water partition coefficient (Wildman–Crippen LogP) is 3.80. The second-order valence-electron chi connectivity index (χ2n) is 5.35. The van der Waals surface area contributed by atoms with Crippen molar-refractivity contribution in [1.29, 1.82) is 0 Å². The molecule has 1 aromatic carbocycles. The van der Waals surface area contributed by atoms with Gasteiger partial charge in [0, 0.05) is 11.9 Å². The molecule has 112 valence electrons. The number of nitrogens with one attached hydrogen (secondary N) is 1. The van der Waals surface area contributed by atoms with E-state index in [4.69, 9.17) is 4.74 Å². The smallest absolute Gasteiger partial charge is 0.122 e. The van der Waals surface area contributed by atoms with Crippen LogP contribution in [0.2, 0.25) is 0 Å². The Kier molecular flexibility index (Phi) is 5.34. The predicted molar refractivity (Wildman–Crippen MR) is 86.8 cm³/mol. The van der Waals surface area contributed by atoms with Gasteiger partial charge in [-0.1, -0.05) is 25.1 Å². The number of hydrogen-bond acceptors (Lipinski definition) is 3. The van der Waals surface area contributed by atoms with Crippen molar-refractivity contribution in [2.45, 2.75) is 33.2 Å². The SMILES string of the molecule is CCCNC(c1ccc(C)nc1)c1ccc(C)c(OC)c1. The number of hydrogen-bond donors (Lipinski definition) is 1. The third kappa shape index (κ3) is 3.82. The van der Waals surface area contributed by atoms with Crippen LogP contribution in [0.15, 0.2) is 36.5 Å². The lowest BCUT2D eigenvalue weighted by Gasteiger charge is -2.20. The summed E-state index contributed by atoms with van der Waals surface area (Å²) in [6.45, 7) is 7.21. The maximum Gasteiger partial charge on any atom is 0.122 e. The van der Waals surface area contributed by atoms with Crippen LogP contribution in [-0.4, -0.2) is 18.6 Å². The summed E-state index contributed by atoms with van der Waals surface area (Å²) < 4.78 is 5.45. The van der Waals surface area contributed by atoms with Gasteiger partial charge >= 0.3 is 0 Å². The Balaban J connectivity index is 2.37. The summed E-state index contributed by atoms with van der Waals surface area (Å²) in [6.07, 6.45) is 3.05. The highest BCUT2D eigenvalue weighted by molar-refractivity contribution is 5.41. The molecular formula is C18H24N2O. The fraction of sp³-hybridized carbons (Fsp3) is 0.389. The maximum absolute atomic E-state index is 5.45. The van der Waals surface area contributed by atoms with Crippen molar-refractivity contribution in [3.63, 3.8) is 0 Å². The van der Waals surface area contributed by atoms with Crippen LogP contribution in [0.5, 0.6) is 5.75 Å². The molecular weight excluding hydrogens is 260 g/mol. The van der Waals surface area contributed by atoms with E-state index in [1.165, 1.54) is 11.1 Å². The normalized spacial score (nSPS) is 12.2. The van der Waals surface area contributed by atoms with Gasteiger partial charge < -0.3 is 10.1 Å². The van der Waals surface area contributed by atoms with E-state index >= 15 is 0 Å². The number of methoxy groups -OCH3 is 1. The molecule has 0 amide bonds.